The fourth-order valence-electron chi connectivity index (χ4n) is 3.24. The first kappa shape index (κ1) is 18.5. The van der Waals surface area contributed by atoms with Crippen LogP contribution >= 0.6 is 0 Å². The summed E-state index contributed by atoms with van der Waals surface area (Å²) < 4.78 is 41.2. The topological polar surface area (TPSA) is 91.5 Å². The van der Waals surface area contributed by atoms with Crippen LogP contribution in [-0.2, 0) is 6.18 Å². The lowest BCUT2D eigenvalue weighted by molar-refractivity contribution is -0.137. The van der Waals surface area contributed by atoms with E-state index in [9.17, 15) is 18.4 Å². The molecule has 0 amide bonds. The van der Waals surface area contributed by atoms with Crippen molar-refractivity contribution in [2.45, 2.75) is 51.2 Å². The van der Waals surface area contributed by atoms with Gasteiger partial charge in [-0.25, -0.2) is 4.98 Å². The molecule has 2 saturated carbocycles. The number of anilines is 3. The highest BCUT2D eigenvalue weighted by Gasteiger charge is 2.53. The second kappa shape index (κ2) is 6.36. The van der Waals surface area contributed by atoms with Crippen molar-refractivity contribution in [3.8, 4) is 6.07 Å². The molecular weight excluding hydrogens is 371 g/mol. The van der Waals surface area contributed by atoms with Crippen LogP contribution in [-0.4, -0.2) is 26.3 Å². The number of hydrogen-bond acceptors (Lipinski definition) is 6. The fraction of sp³-hybridized carbons (Fsp3) is 0.556. The average molecular weight is 391 g/mol. The van der Waals surface area contributed by atoms with E-state index in [4.69, 9.17) is 0 Å². The van der Waals surface area contributed by atoms with Gasteiger partial charge >= 0.3 is 6.18 Å². The summed E-state index contributed by atoms with van der Waals surface area (Å²) in [4.78, 5) is 7.86. The van der Waals surface area contributed by atoms with E-state index in [1.807, 2.05) is 6.92 Å². The smallest absolute Gasteiger partial charge is 0.370 e. The van der Waals surface area contributed by atoms with Crippen molar-refractivity contribution in [2.75, 3.05) is 17.2 Å². The summed E-state index contributed by atoms with van der Waals surface area (Å²) >= 11 is 0. The molecule has 7 nitrogen and oxygen atoms in total. The Kier molecular flexibility index (Phi) is 4.21. The normalized spacial score (nSPS) is 23.9. The molecule has 0 aliphatic heterocycles. The van der Waals surface area contributed by atoms with Gasteiger partial charge in [-0.1, -0.05) is 0 Å². The molecule has 2 aromatic heterocycles. The van der Waals surface area contributed by atoms with Crippen molar-refractivity contribution in [3.05, 3.63) is 23.7 Å². The molecule has 2 atom stereocenters. The van der Waals surface area contributed by atoms with Crippen molar-refractivity contribution in [1.82, 2.24) is 19.7 Å². The highest BCUT2D eigenvalue weighted by Crippen LogP contribution is 2.56. The molecule has 28 heavy (non-hydrogen) atoms. The number of aromatic nitrogens is 4. The van der Waals surface area contributed by atoms with Gasteiger partial charge in [-0.05, 0) is 33.1 Å². The van der Waals surface area contributed by atoms with Gasteiger partial charge in [-0.3, -0.25) is 4.68 Å². The van der Waals surface area contributed by atoms with Gasteiger partial charge in [0.25, 0.3) is 0 Å². The number of alkyl halides is 3. The Morgan fingerprint density at radius 2 is 2.14 bits per heavy atom. The Balaban J connectivity index is 1.63. The number of nitrogens with zero attached hydrogens (tertiary/aromatic N) is 5. The number of nitrogens with one attached hydrogen (secondary N) is 2. The molecule has 10 heteroatoms. The maximum Gasteiger partial charge on any atom is 0.421 e. The minimum atomic E-state index is -4.53. The predicted molar refractivity (Wildman–Crippen MR) is 96.1 cm³/mol. The van der Waals surface area contributed by atoms with E-state index in [0.717, 1.165) is 31.2 Å². The molecule has 0 bridgehead atoms. The maximum absolute atomic E-state index is 13.1. The molecule has 2 heterocycles. The molecule has 2 aliphatic rings. The van der Waals surface area contributed by atoms with Gasteiger partial charge in [0.15, 0.2) is 0 Å². The third-order valence-corrected chi connectivity index (χ3v) is 5.18. The average Bonchev–Trinajstić information content (AvgIpc) is 3.54. The lowest BCUT2D eigenvalue weighted by atomic mass is 10.2. The molecule has 2 aromatic rings. The molecule has 0 aromatic carbocycles. The Hall–Kier alpha value is -2.83. The SMILES string of the molecule is CCNc1nc(Nc2cn([C@H]3CC3(C)C#N)nc2C2CC2)ncc1C(F)(F)F. The van der Waals surface area contributed by atoms with E-state index in [1.165, 1.54) is 0 Å². The van der Waals surface area contributed by atoms with Gasteiger partial charge in [-0.2, -0.15) is 28.5 Å². The molecule has 0 spiro atoms. The van der Waals surface area contributed by atoms with E-state index in [2.05, 4.69) is 31.8 Å². The minimum absolute atomic E-state index is 0.0105. The lowest BCUT2D eigenvalue weighted by Gasteiger charge is -2.13. The zero-order valence-corrected chi connectivity index (χ0v) is 15.5. The first-order valence-electron chi connectivity index (χ1n) is 9.20. The summed E-state index contributed by atoms with van der Waals surface area (Å²) in [6, 6.07) is 2.32. The molecule has 148 valence electrons. The summed E-state index contributed by atoms with van der Waals surface area (Å²) in [6.07, 6.45) is 0.811. The lowest BCUT2D eigenvalue weighted by Crippen LogP contribution is -2.14. The number of nitriles is 1. The molecular formula is C18H20F3N7. The van der Waals surface area contributed by atoms with Crippen LogP contribution in [0.15, 0.2) is 12.4 Å². The van der Waals surface area contributed by atoms with Gasteiger partial charge in [-0.15, -0.1) is 0 Å². The summed E-state index contributed by atoms with van der Waals surface area (Å²) in [6.45, 7) is 3.90. The van der Waals surface area contributed by atoms with E-state index >= 15 is 0 Å². The molecule has 2 aliphatic carbocycles. The van der Waals surface area contributed by atoms with E-state index in [-0.39, 0.29) is 17.8 Å². The van der Waals surface area contributed by atoms with Gasteiger partial charge in [0.05, 0.1) is 28.9 Å². The zero-order chi connectivity index (χ0) is 20.1. The van der Waals surface area contributed by atoms with Crippen LogP contribution in [0.4, 0.5) is 30.6 Å². The Morgan fingerprint density at radius 1 is 1.39 bits per heavy atom. The van der Waals surface area contributed by atoms with E-state index < -0.39 is 17.2 Å². The van der Waals surface area contributed by atoms with Gasteiger partial charge in [0.2, 0.25) is 5.95 Å². The summed E-state index contributed by atoms with van der Waals surface area (Å²) in [5, 5.41) is 19.6. The van der Waals surface area contributed by atoms with Crippen molar-refractivity contribution in [1.29, 1.82) is 5.26 Å². The largest absolute Gasteiger partial charge is 0.421 e. The Labute approximate surface area is 160 Å². The third-order valence-electron chi connectivity index (χ3n) is 5.18. The molecule has 1 unspecified atom stereocenters. The zero-order valence-electron chi connectivity index (χ0n) is 15.5. The summed E-state index contributed by atoms with van der Waals surface area (Å²) in [7, 11) is 0. The highest BCUT2D eigenvalue weighted by molar-refractivity contribution is 5.59. The fourth-order valence-corrected chi connectivity index (χ4v) is 3.24. The van der Waals surface area contributed by atoms with Gasteiger partial charge in [0.1, 0.15) is 11.4 Å². The third kappa shape index (κ3) is 3.37. The Bertz CT molecular complexity index is 942. The van der Waals surface area contributed by atoms with Crippen molar-refractivity contribution >= 4 is 17.5 Å². The first-order valence-corrected chi connectivity index (χ1v) is 9.20. The van der Waals surface area contributed by atoms with E-state index in [1.54, 1.807) is 17.8 Å². The molecule has 2 fully saturated rings. The highest BCUT2D eigenvalue weighted by atomic mass is 19.4. The predicted octanol–water partition coefficient (Wildman–Crippen LogP) is 4.22. The van der Waals surface area contributed by atoms with Crippen LogP contribution in [0.5, 0.6) is 0 Å². The minimum Gasteiger partial charge on any atom is -0.370 e. The molecule has 4 rings (SSSR count). The molecule has 2 N–H and O–H groups in total. The van der Waals surface area contributed by atoms with Crippen LogP contribution in [0.2, 0.25) is 0 Å². The summed E-state index contributed by atoms with van der Waals surface area (Å²) in [5.41, 5.74) is 0.200. The van der Waals surface area contributed by atoms with Crippen LogP contribution in [0.3, 0.4) is 0 Å². The van der Waals surface area contributed by atoms with Gasteiger partial charge in [0, 0.05) is 24.9 Å². The standard InChI is InChI=1S/C18H20F3N7/c1-3-23-15-11(18(19,20)21)7-24-16(26-15)25-12-8-28(13-6-17(13,2)9-22)27-14(12)10-4-5-10/h7-8,10,13H,3-6H2,1-2H3,(H2,23,24,25,26)/t13-,17?/m0/s1. The van der Waals surface area contributed by atoms with Gasteiger partial charge < -0.3 is 10.6 Å². The number of rotatable bonds is 6. The van der Waals surface area contributed by atoms with Crippen molar-refractivity contribution in [3.63, 3.8) is 0 Å². The monoisotopic (exact) mass is 391 g/mol. The molecule has 0 saturated heterocycles. The number of halogens is 3. The quantitative estimate of drug-likeness (QED) is 0.766. The summed E-state index contributed by atoms with van der Waals surface area (Å²) in [5.74, 6) is 0.134. The number of hydrogen-bond donors (Lipinski definition) is 2. The van der Waals surface area contributed by atoms with Crippen LogP contribution < -0.4 is 10.6 Å². The van der Waals surface area contributed by atoms with Crippen molar-refractivity contribution < 1.29 is 13.2 Å². The van der Waals surface area contributed by atoms with Crippen molar-refractivity contribution in [2.24, 2.45) is 5.41 Å². The second-order valence-electron chi connectivity index (χ2n) is 7.54. The first-order chi connectivity index (χ1) is 13.2. The van der Waals surface area contributed by atoms with E-state index in [0.29, 0.717) is 18.2 Å². The second-order valence-corrected chi connectivity index (χ2v) is 7.54. The van der Waals surface area contributed by atoms with Crippen LogP contribution in [0.25, 0.3) is 0 Å². The van der Waals surface area contributed by atoms with Crippen LogP contribution in [0, 0.1) is 16.7 Å². The van der Waals surface area contributed by atoms with Crippen LogP contribution in [0.1, 0.15) is 56.3 Å². The Morgan fingerprint density at radius 3 is 2.71 bits per heavy atom. The maximum atomic E-state index is 13.1. The molecule has 0 radical (unpaired) electrons.